The van der Waals surface area contributed by atoms with Crippen LogP contribution in [0.2, 0.25) is 5.02 Å². The van der Waals surface area contributed by atoms with Crippen LogP contribution in [0, 0.1) is 0 Å². The molecule has 0 spiro atoms. The molecule has 144 valence electrons. The van der Waals surface area contributed by atoms with Crippen LogP contribution in [-0.4, -0.2) is 44.7 Å². The molecule has 2 aromatic rings. The Kier molecular flexibility index (Phi) is 6.58. The van der Waals surface area contributed by atoms with E-state index >= 15 is 0 Å². The Morgan fingerprint density at radius 3 is 2.30 bits per heavy atom. The van der Waals surface area contributed by atoms with E-state index in [1.807, 2.05) is 14.1 Å². The van der Waals surface area contributed by atoms with E-state index < -0.39 is 0 Å². The second kappa shape index (κ2) is 9.11. The highest BCUT2D eigenvalue weighted by Crippen LogP contribution is 2.26. The van der Waals surface area contributed by atoms with E-state index in [-0.39, 0.29) is 12.1 Å². The molecule has 1 fully saturated rings. The largest absolute Gasteiger partial charge is 0.378 e. The van der Waals surface area contributed by atoms with Gasteiger partial charge in [0.15, 0.2) is 0 Å². The number of carbonyl (C=O) groups excluding carboxylic acids is 1. The molecule has 0 aliphatic carbocycles. The van der Waals surface area contributed by atoms with E-state index in [1.165, 1.54) is 24.1 Å². The van der Waals surface area contributed by atoms with Crippen LogP contribution in [-0.2, 0) is 0 Å². The van der Waals surface area contributed by atoms with Crippen LogP contribution in [0.4, 0.5) is 16.2 Å². The van der Waals surface area contributed by atoms with Crippen molar-refractivity contribution in [1.82, 2.24) is 10.2 Å². The molecule has 27 heavy (non-hydrogen) atoms. The van der Waals surface area contributed by atoms with Gasteiger partial charge in [-0.05, 0) is 67.9 Å². The van der Waals surface area contributed by atoms with Crippen molar-refractivity contribution in [3.63, 3.8) is 0 Å². The smallest absolute Gasteiger partial charge is 0.319 e. The van der Waals surface area contributed by atoms with Gasteiger partial charge in [-0.25, -0.2) is 4.79 Å². The van der Waals surface area contributed by atoms with E-state index in [4.69, 9.17) is 11.6 Å². The molecule has 1 saturated heterocycles. The minimum absolute atomic E-state index is 0.180. The fourth-order valence-corrected chi connectivity index (χ4v) is 3.53. The van der Waals surface area contributed by atoms with E-state index in [9.17, 15) is 4.79 Å². The molecule has 1 heterocycles. The van der Waals surface area contributed by atoms with E-state index in [0.29, 0.717) is 11.6 Å². The van der Waals surface area contributed by atoms with E-state index in [2.05, 4.69) is 44.7 Å². The van der Waals surface area contributed by atoms with Crippen molar-refractivity contribution >= 4 is 29.0 Å². The topological polar surface area (TPSA) is 47.6 Å². The molecule has 1 aliphatic rings. The van der Waals surface area contributed by atoms with Crippen molar-refractivity contribution in [2.45, 2.75) is 18.9 Å². The second-order valence-corrected chi connectivity index (χ2v) is 7.52. The summed E-state index contributed by atoms with van der Waals surface area (Å²) in [4.78, 5) is 16.9. The molecule has 0 saturated carbocycles. The summed E-state index contributed by atoms with van der Waals surface area (Å²) < 4.78 is 0. The third-order valence-electron chi connectivity index (χ3n) is 4.93. The molecule has 2 amide bonds. The first-order chi connectivity index (χ1) is 13.0. The van der Waals surface area contributed by atoms with Gasteiger partial charge in [0.1, 0.15) is 0 Å². The Morgan fingerprint density at radius 2 is 1.70 bits per heavy atom. The Bertz CT molecular complexity index is 740. The Balaban J connectivity index is 1.64. The number of halogens is 1. The van der Waals surface area contributed by atoms with Crippen LogP contribution >= 0.6 is 11.6 Å². The molecule has 1 atom stereocenters. The van der Waals surface area contributed by atoms with Gasteiger partial charge in [-0.3, -0.25) is 4.90 Å². The van der Waals surface area contributed by atoms with Crippen LogP contribution in [0.5, 0.6) is 0 Å². The molecular weight excluding hydrogens is 360 g/mol. The summed E-state index contributed by atoms with van der Waals surface area (Å²) in [5.74, 6) is 0. The standard InChI is InChI=1S/C21H27ClN4O/c1-25(2)19-11-5-16(6-12-19)20(26-13-3-4-14-26)15-23-21(27)24-18-9-7-17(22)8-10-18/h5-12,20H,3-4,13-15H2,1-2H3,(H2,23,24,27). The van der Waals surface area contributed by atoms with Crippen LogP contribution in [0.3, 0.4) is 0 Å². The number of nitrogens with one attached hydrogen (secondary N) is 2. The van der Waals surface area contributed by atoms with Crippen molar-refractivity contribution < 1.29 is 4.79 Å². The number of rotatable bonds is 6. The lowest BCUT2D eigenvalue weighted by Gasteiger charge is -2.28. The molecular formula is C21H27ClN4O. The Hall–Kier alpha value is -2.24. The molecule has 0 aromatic heterocycles. The van der Waals surface area contributed by atoms with Crippen LogP contribution in [0.25, 0.3) is 0 Å². The lowest BCUT2D eigenvalue weighted by molar-refractivity contribution is 0.227. The normalized spacial score (nSPS) is 15.4. The average Bonchev–Trinajstić information content (AvgIpc) is 3.19. The van der Waals surface area contributed by atoms with Gasteiger partial charge in [-0.15, -0.1) is 0 Å². The predicted molar refractivity (Wildman–Crippen MR) is 113 cm³/mol. The molecule has 2 N–H and O–H groups in total. The summed E-state index contributed by atoms with van der Waals surface area (Å²) in [6.07, 6.45) is 2.42. The molecule has 3 rings (SSSR count). The monoisotopic (exact) mass is 386 g/mol. The number of anilines is 2. The molecule has 5 nitrogen and oxygen atoms in total. The van der Waals surface area contributed by atoms with Gasteiger partial charge in [-0.2, -0.15) is 0 Å². The highest BCUT2D eigenvalue weighted by molar-refractivity contribution is 6.30. The van der Waals surface area contributed by atoms with Crippen LogP contribution in [0.15, 0.2) is 48.5 Å². The van der Waals surface area contributed by atoms with Crippen molar-refractivity contribution in [2.24, 2.45) is 0 Å². The molecule has 0 radical (unpaired) electrons. The number of likely N-dealkylation sites (tertiary alicyclic amines) is 1. The molecule has 0 bridgehead atoms. The summed E-state index contributed by atoms with van der Waals surface area (Å²) in [5.41, 5.74) is 3.13. The number of amides is 2. The summed E-state index contributed by atoms with van der Waals surface area (Å²) >= 11 is 5.89. The fourth-order valence-electron chi connectivity index (χ4n) is 3.40. The van der Waals surface area contributed by atoms with E-state index in [0.717, 1.165) is 18.8 Å². The minimum atomic E-state index is -0.202. The van der Waals surface area contributed by atoms with Gasteiger partial charge in [-0.1, -0.05) is 23.7 Å². The van der Waals surface area contributed by atoms with E-state index in [1.54, 1.807) is 24.3 Å². The maximum atomic E-state index is 12.3. The highest BCUT2D eigenvalue weighted by Gasteiger charge is 2.24. The lowest BCUT2D eigenvalue weighted by Crippen LogP contribution is -2.38. The molecule has 1 unspecified atom stereocenters. The third-order valence-corrected chi connectivity index (χ3v) is 5.19. The SMILES string of the molecule is CN(C)c1ccc(C(CNC(=O)Nc2ccc(Cl)cc2)N2CCCC2)cc1. The van der Waals surface area contributed by atoms with Gasteiger partial charge in [0.25, 0.3) is 0 Å². The summed E-state index contributed by atoms with van der Waals surface area (Å²) in [6.45, 7) is 2.71. The average molecular weight is 387 g/mol. The number of benzene rings is 2. The van der Waals surface area contributed by atoms with Crippen molar-refractivity contribution in [2.75, 3.05) is 43.9 Å². The van der Waals surface area contributed by atoms with Crippen molar-refractivity contribution in [3.8, 4) is 0 Å². The molecule has 1 aliphatic heterocycles. The second-order valence-electron chi connectivity index (χ2n) is 7.09. The number of nitrogens with zero attached hydrogens (tertiary/aromatic N) is 2. The van der Waals surface area contributed by atoms with Crippen molar-refractivity contribution in [1.29, 1.82) is 0 Å². The van der Waals surface area contributed by atoms with Gasteiger partial charge in [0.05, 0.1) is 6.04 Å². The first-order valence-corrected chi connectivity index (χ1v) is 9.72. The van der Waals surface area contributed by atoms with Crippen LogP contribution < -0.4 is 15.5 Å². The zero-order chi connectivity index (χ0) is 19.2. The zero-order valence-electron chi connectivity index (χ0n) is 15.9. The maximum Gasteiger partial charge on any atom is 0.319 e. The fraction of sp³-hybridized carbons (Fsp3) is 0.381. The van der Waals surface area contributed by atoms with Gasteiger partial charge in [0.2, 0.25) is 0 Å². The number of hydrogen-bond acceptors (Lipinski definition) is 3. The number of urea groups is 1. The molecule has 2 aromatic carbocycles. The third kappa shape index (κ3) is 5.37. The van der Waals surface area contributed by atoms with Gasteiger partial charge in [0, 0.05) is 37.0 Å². The zero-order valence-corrected chi connectivity index (χ0v) is 16.7. The summed E-state index contributed by atoms with van der Waals surface area (Å²) in [6, 6.07) is 15.7. The minimum Gasteiger partial charge on any atom is -0.378 e. The maximum absolute atomic E-state index is 12.3. The van der Waals surface area contributed by atoms with Crippen LogP contribution in [0.1, 0.15) is 24.4 Å². The number of hydrogen-bond donors (Lipinski definition) is 2. The first kappa shape index (κ1) is 19.5. The lowest BCUT2D eigenvalue weighted by atomic mass is 10.0. The first-order valence-electron chi connectivity index (χ1n) is 9.35. The van der Waals surface area contributed by atoms with Crippen molar-refractivity contribution in [3.05, 3.63) is 59.1 Å². The predicted octanol–water partition coefficient (Wildman–Crippen LogP) is 4.36. The quantitative estimate of drug-likeness (QED) is 0.775. The Morgan fingerprint density at radius 1 is 1.07 bits per heavy atom. The molecule has 6 heteroatoms. The number of carbonyl (C=O) groups is 1. The summed E-state index contributed by atoms with van der Waals surface area (Å²) in [5, 5.41) is 6.53. The van der Waals surface area contributed by atoms with Gasteiger partial charge >= 0.3 is 6.03 Å². The highest BCUT2D eigenvalue weighted by atomic mass is 35.5. The van der Waals surface area contributed by atoms with Gasteiger partial charge < -0.3 is 15.5 Å². The Labute approximate surface area is 166 Å². The summed E-state index contributed by atoms with van der Waals surface area (Å²) in [7, 11) is 4.07.